The van der Waals surface area contributed by atoms with Gasteiger partial charge in [0, 0.05) is 28.7 Å². The number of carbonyl (C=O) groups excluding carboxylic acids is 2. The minimum atomic E-state index is -4.83. The number of ether oxygens (including phenoxy) is 1. The number of rotatable bonds is 6. The number of hydrogen-bond donors (Lipinski definition) is 3. The summed E-state index contributed by atoms with van der Waals surface area (Å²) in [7, 11) is 0. The van der Waals surface area contributed by atoms with Crippen LogP contribution in [0.3, 0.4) is 0 Å². The molecule has 0 saturated carbocycles. The van der Waals surface area contributed by atoms with Crippen molar-refractivity contribution in [3.63, 3.8) is 0 Å². The first-order valence-corrected chi connectivity index (χ1v) is 12.8. The van der Waals surface area contributed by atoms with Gasteiger partial charge in [0.15, 0.2) is 5.82 Å². The molecule has 0 fully saturated rings. The number of anilines is 4. The first-order valence-electron chi connectivity index (χ1n) is 12.8. The molecule has 4 aromatic rings. The van der Waals surface area contributed by atoms with E-state index in [4.69, 9.17) is 4.74 Å². The Morgan fingerprint density at radius 2 is 1.52 bits per heavy atom. The maximum absolute atomic E-state index is 14.0. The molecule has 3 N–H and O–H groups in total. The summed E-state index contributed by atoms with van der Waals surface area (Å²) in [6.07, 6.45) is -3.89. The minimum absolute atomic E-state index is 0.148. The lowest BCUT2D eigenvalue weighted by molar-refractivity contribution is -0.137. The molecule has 0 radical (unpaired) electrons. The number of para-hydroxylation sites is 1. The summed E-state index contributed by atoms with van der Waals surface area (Å²) in [5.41, 5.74) is 0.979. The van der Waals surface area contributed by atoms with Crippen LogP contribution in [0, 0.1) is 12.7 Å². The molecule has 1 heterocycles. The molecule has 7 nitrogen and oxygen atoms in total. The number of pyridine rings is 1. The summed E-state index contributed by atoms with van der Waals surface area (Å²) < 4.78 is 59.0. The highest BCUT2D eigenvalue weighted by molar-refractivity contribution is 6.06. The van der Waals surface area contributed by atoms with Gasteiger partial charge >= 0.3 is 12.3 Å². The van der Waals surface area contributed by atoms with E-state index >= 15 is 0 Å². The van der Waals surface area contributed by atoms with Crippen molar-refractivity contribution in [2.24, 2.45) is 0 Å². The second-order valence-electron chi connectivity index (χ2n) is 10.4. The molecule has 0 unspecified atom stereocenters. The second-order valence-corrected chi connectivity index (χ2v) is 10.4. The van der Waals surface area contributed by atoms with Gasteiger partial charge in [-0.05, 0) is 81.3 Å². The zero-order chi connectivity index (χ0) is 30.7. The topological polar surface area (TPSA) is 92.3 Å². The van der Waals surface area contributed by atoms with E-state index in [1.54, 1.807) is 69.4 Å². The van der Waals surface area contributed by atoms with Crippen molar-refractivity contribution >= 4 is 34.9 Å². The maximum atomic E-state index is 14.0. The second kappa shape index (κ2) is 11.9. The Morgan fingerprint density at radius 3 is 2.17 bits per heavy atom. The van der Waals surface area contributed by atoms with Crippen LogP contribution in [0.2, 0.25) is 0 Å². The predicted octanol–water partition coefficient (Wildman–Crippen LogP) is 8.56. The molecule has 0 spiro atoms. The van der Waals surface area contributed by atoms with E-state index in [2.05, 4.69) is 20.9 Å². The van der Waals surface area contributed by atoms with Crippen LogP contribution in [-0.4, -0.2) is 22.6 Å². The van der Waals surface area contributed by atoms with Gasteiger partial charge in [-0.15, -0.1) is 0 Å². The van der Waals surface area contributed by atoms with Crippen LogP contribution in [-0.2, 0) is 10.9 Å². The average Bonchev–Trinajstić information content (AvgIpc) is 2.89. The van der Waals surface area contributed by atoms with E-state index in [1.165, 1.54) is 0 Å². The lowest BCUT2D eigenvalue weighted by Crippen LogP contribution is -2.27. The van der Waals surface area contributed by atoms with Crippen LogP contribution >= 0.6 is 0 Å². The van der Waals surface area contributed by atoms with Crippen LogP contribution in [0.4, 0.5) is 45.2 Å². The molecule has 42 heavy (non-hydrogen) atoms. The number of benzene rings is 3. The lowest BCUT2D eigenvalue weighted by Gasteiger charge is -2.19. The highest BCUT2D eigenvalue weighted by atomic mass is 19.4. The van der Waals surface area contributed by atoms with Gasteiger partial charge in [0.1, 0.15) is 11.4 Å². The smallest absolute Gasteiger partial charge is 0.416 e. The molecule has 11 heteroatoms. The summed E-state index contributed by atoms with van der Waals surface area (Å²) in [6.45, 7) is 7.12. The third-order valence-electron chi connectivity index (χ3n) is 5.88. The third-order valence-corrected chi connectivity index (χ3v) is 5.88. The fraction of sp³-hybridized carbons (Fsp3) is 0.194. The largest absolute Gasteiger partial charge is 0.444 e. The first-order chi connectivity index (χ1) is 19.7. The Kier molecular flexibility index (Phi) is 8.51. The molecule has 4 rings (SSSR count). The number of carbonyl (C=O) groups is 2. The van der Waals surface area contributed by atoms with E-state index < -0.39 is 40.7 Å². The van der Waals surface area contributed by atoms with Gasteiger partial charge in [0.05, 0.1) is 11.3 Å². The fourth-order valence-corrected chi connectivity index (χ4v) is 3.90. The Bertz CT molecular complexity index is 1610. The third kappa shape index (κ3) is 7.84. The van der Waals surface area contributed by atoms with Crippen molar-refractivity contribution in [2.75, 3.05) is 16.0 Å². The Morgan fingerprint density at radius 1 is 0.833 bits per heavy atom. The molecular formula is C31H28F4N4O3. The molecule has 2 amide bonds. The van der Waals surface area contributed by atoms with Crippen molar-refractivity contribution in [1.29, 1.82) is 0 Å². The van der Waals surface area contributed by atoms with Crippen LogP contribution < -0.4 is 16.0 Å². The van der Waals surface area contributed by atoms with E-state index in [-0.39, 0.29) is 11.5 Å². The number of hydrogen-bond acceptors (Lipinski definition) is 5. The molecule has 0 saturated heterocycles. The summed E-state index contributed by atoms with van der Waals surface area (Å²) in [5.74, 6) is -1.93. The van der Waals surface area contributed by atoms with Gasteiger partial charge in [-0.3, -0.25) is 10.1 Å². The van der Waals surface area contributed by atoms with Crippen molar-refractivity contribution in [3.05, 3.63) is 102 Å². The predicted molar refractivity (Wildman–Crippen MR) is 153 cm³/mol. The van der Waals surface area contributed by atoms with Crippen molar-refractivity contribution in [2.45, 2.75) is 39.5 Å². The van der Waals surface area contributed by atoms with E-state index in [0.29, 0.717) is 34.6 Å². The standard InChI is InChI=1S/C31H28F4N4O3/c1-18-7-5-6-8-25(18)38-27-26(39-28(40)20-13-22(31(33,34)35)16-23(32)14-20)15-21(17-36-27)19-9-11-24(12-10-19)37-29(41)42-30(2,3)4/h5-17H,1-4H3,(H,36,38)(H,37,41)(H,39,40). The average molecular weight is 581 g/mol. The molecule has 1 aromatic heterocycles. The van der Waals surface area contributed by atoms with Crippen LogP contribution in [0.25, 0.3) is 11.1 Å². The zero-order valence-corrected chi connectivity index (χ0v) is 23.2. The number of alkyl halides is 3. The molecule has 0 aliphatic rings. The molecule has 0 atom stereocenters. The summed E-state index contributed by atoms with van der Waals surface area (Å²) in [6, 6.07) is 17.3. The fourth-order valence-electron chi connectivity index (χ4n) is 3.90. The lowest BCUT2D eigenvalue weighted by atomic mass is 10.1. The number of halogens is 4. The Balaban J connectivity index is 1.66. The van der Waals surface area contributed by atoms with Crippen LogP contribution in [0.15, 0.2) is 79.0 Å². The highest BCUT2D eigenvalue weighted by Gasteiger charge is 2.32. The summed E-state index contributed by atoms with van der Waals surface area (Å²) in [4.78, 5) is 29.6. The first kappa shape index (κ1) is 30.0. The number of nitrogens with zero attached hydrogens (tertiary/aromatic N) is 1. The van der Waals surface area contributed by atoms with Crippen molar-refractivity contribution in [1.82, 2.24) is 4.98 Å². The quantitative estimate of drug-likeness (QED) is 0.199. The SMILES string of the molecule is Cc1ccccc1Nc1ncc(-c2ccc(NC(=O)OC(C)(C)C)cc2)cc1NC(=O)c1cc(F)cc(C(F)(F)F)c1. The van der Waals surface area contributed by atoms with Crippen molar-refractivity contribution < 1.29 is 31.9 Å². The molecule has 0 aliphatic carbocycles. The Hall–Kier alpha value is -4.93. The minimum Gasteiger partial charge on any atom is -0.444 e. The number of aryl methyl sites for hydroxylation is 1. The summed E-state index contributed by atoms with van der Waals surface area (Å²) in [5, 5.41) is 8.34. The van der Waals surface area contributed by atoms with Gasteiger partial charge in [0.25, 0.3) is 5.91 Å². The van der Waals surface area contributed by atoms with Gasteiger partial charge in [0.2, 0.25) is 0 Å². The zero-order valence-electron chi connectivity index (χ0n) is 23.2. The normalized spacial score (nSPS) is 11.5. The monoisotopic (exact) mass is 580 g/mol. The molecule has 0 aliphatic heterocycles. The Labute approximate surface area is 239 Å². The molecular weight excluding hydrogens is 552 g/mol. The number of amides is 2. The van der Waals surface area contributed by atoms with Gasteiger partial charge < -0.3 is 15.4 Å². The van der Waals surface area contributed by atoms with Gasteiger partial charge in [-0.1, -0.05) is 30.3 Å². The maximum Gasteiger partial charge on any atom is 0.416 e. The number of nitrogens with one attached hydrogen (secondary N) is 3. The molecule has 0 bridgehead atoms. The molecule has 218 valence electrons. The van der Waals surface area contributed by atoms with Crippen LogP contribution in [0.1, 0.15) is 42.3 Å². The van der Waals surface area contributed by atoms with E-state index in [9.17, 15) is 27.2 Å². The van der Waals surface area contributed by atoms with E-state index in [1.807, 2.05) is 19.1 Å². The summed E-state index contributed by atoms with van der Waals surface area (Å²) >= 11 is 0. The molecule has 3 aromatic carbocycles. The van der Waals surface area contributed by atoms with Gasteiger partial charge in [-0.2, -0.15) is 13.2 Å². The van der Waals surface area contributed by atoms with Gasteiger partial charge in [-0.25, -0.2) is 14.2 Å². The van der Waals surface area contributed by atoms with E-state index in [0.717, 1.165) is 11.6 Å². The van der Waals surface area contributed by atoms with Crippen molar-refractivity contribution in [3.8, 4) is 11.1 Å². The van der Waals surface area contributed by atoms with Crippen LogP contribution in [0.5, 0.6) is 0 Å². The highest BCUT2D eigenvalue weighted by Crippen LogP contribution is 2.33. The number of aromatic nitrogens is 1.